The Labute approximate surface area is 108 Å². The molecule has 5 nitrogen and oxygen atoms in total. The minimum Gasteiger partial charge on any atom is -0.480 e. The Balaban J connectivity index is 2.01. The van der Waals surface area contributed by atoms with Gasteiger partial charge in [-0.15, -0.1) is 0 Å². The lowest BCUT2D eigenvalue weighted by Gasteiger charge is -2.38. The van der Waals surface area contributed by atoms with Gasteiger partial charge in [0.25, 0.3) is 0 Å². The van der Waals surface area contributed by atoms with Gasteiger partial charge in [0.2, 0.25) is 0 Å². The van der Waals surface area contributed by atoms with Crippen LogP contribution < -0.4 is 5.32 Å². The van der Waals surface area contributed by atoms with Crippen LogP contribution in [-0.2, 0) is 9.53 Å². The molecule has 1 saturated carbocycles. The van der Waals surface area contributed by atoms with Crippen molar-refractivity contribution in [2.24, 2.45) is 5.92 Å². The Morgan fingerprint density at radius 3 is 2.44 bits per heavy atom. The van der Waals surface area contributed by atoms with Crippen molar-refractivity contribution >= 4 is 5.97 Å². The summed E-state index contributed by atoms with van der Waals surface area (Å²) in [6.07, 6.45) is 4.05. The molecule has 0 amide bonds. The van der Waals surface area contributed by atoms with Gasteiger partial charge in [-0.25, -0.2) is 0 Å². The Bertz CT molecular complexity index is 301. The van der Waals surface area contributed by atoms with E-state index in [9.17, 15) is 9.90 Å². The maximum Gasteiger partial charge on any atom is 0.325 e. The van der Waals surface area contributed by atoms with Crippen LogP contribution in [0, 0.1) is 5.92 Å². The zero-order valence-corrected chi connectivity index (χ0v) is 11.3. The molecular formula is C13H24N2O3. The zero-order valence-electron chi connectivity index (χ0n) is 11.3. The molecule has 2 N–H and O–H groups in total. The van der Waals surface area contributed by atoms with Crippen LogP contribution in [0.1, 0.15) is 25.7 Å². The summed E-state index contributed by atoms with van der Waals surface area (Å²) in [5.41, 5.74) is -0.771. The van der Waals surface area contributed by atoms with Gasteiger partial charge in [0.05, 0.1) is 0 Å². The third kappa shape index (κ3) is 2.68. The van der Waals surface area contributed by atoms with Crippen LogP contribution in [0.25, 0.3) is 0 Å². The van der Waals surface area contributed by atoms with Gasteiger partial charge in [0.1, 0.15) is 5.54 Å². The highest BCUT2D eigenvalue weighted by molar-refractivity contribution is 5.80. The molecule has 2 rings (SSSR count). The second kappa shape index (κ2) is 5.55. The third-order valence-corrected chi connectivity index (χ3v) is 4.41. The zero-order chi connectivity index (χ0) is 13.2. The predicted octanol–water partition coefficient (Wildman–Crippen LogP) is 0.550. The van der Waals surface area contributed by atoms with Gasteiger partial charge in [-0.05, 0) is 45.7 Å². The molecule has 0 aromatic rings. The fraction of sp³-hybridized carbons (Fsp3) is 0.923. The molecule has 2 aliphatic rings. The van der Waals surface area contributed by atoms with Gasteiger partial charge < -0.3 is 20.1 Å². The second-order valence-corrected chi connectivity index (χ2v) is 5.56. The van der Waals surface area contributed by atoms with E-state index in [1.54, 1.807) is 7.05 Å². The fourth-order valence-electron chi connectivity index (χ4n) is 2.99. The molecule has 0 aromatic carbocycles. The molecule has 1 unspecified atom stereocenters. The molecule has 1 heterocycles. The maximum atomic E-state index is 11.6. The monoisotopic (exact) mass is 256 g/mol. The Morgan fingerprint density at radius 1 is 1.39 bits per heavy atom. The molecule has 18 heavy (non-hydrogen) atoms. The lowest BCUT2D eigenvalue weighted by Crippen LogP contribution is -2.60. The first-order valence-corrected chi connectivity index (χ1v) is 6.80. The number of likely N-dealkylation sites (N-methyl/N-ethyl adjacent to an activating group) is 2. The Kier molecular flexibility index (Phi) is 4.25. The highest BCUT2D eigenvalue weighted by Gasteiger charge is 2.51. The van der Waals surface area contributed by atoms with E-state index in [1.807, 2.05) is 7.05 Å². The summed E-state index contributed by atoms with van der Waals surface area (Å²) in [7, 11) is 3.80. The van der Waals surface area contributed by atoms with Gasteiger partial charge in [0.15, 0.2) is 0 Å². The Morgan fingerprint density at radius 2 is 2.00 bits per heavy atom. The van der Waals surface area contributed by atoms with E-state index in [2.05, 4.69) is 10.2 Å². The van der Waals surface area contributed by atoms with Crippen molar-refractivity contribution < 1.29 is 14.6 Å². The molecule has 0 radical (unpaired) electrons. The van der Waals surface area contributed by atoms with Crippen LogP contribution in [0.15, 0.2) is 0 Å². The number of hydrogen-bond donors (Lipinski definition) is 2. The van der Waals surface area contributed by atoms with Crippen LogP contribution in [0.5, 0.6) is 0 Å². The van der Waals surface area contributed by atoms with E-state index in [0.29, 0.717) is 12.6 Å². The average molecular weight is 256 g/mol. The van der Waals surface area contributed by atoms with Gasteiger partial charge in [0, 0.05) is 25.8 Å². The normalized spacial score (nSPS) is 25.1. The molecule has 1 atom stereocenters. The SMILES string of the molecule is CNC(CN(C)C1CCOCC1)(C(=O)O)C1CC1. The van der Waals surface area contributed by atoms with Crippen LogP contribution >= 0.6 is 0 Å². The summed E-state index contributed by atoms with van der Waals surface area (Å²) in [5, 5.41) is 12.6. The molecule has 0 spiro atoms. The highest BCUT2D eigenvalue weighted by Crippen LogP contribution is 2.40. The molecule has 104 valence electrons. The van der Waals surface area contributed by atoms with E-state index >= 15 is 0 Å². The standard InChI is InChI=1S/C13H24N2O3/c1-14-13(12(16)17,10-3-4-10)9-15(2)11-5-7-18-8-6-11/h10-11,14H,3-9H2,1-2H3,(H,16,17). The van der Waals surface area contributed by atoms with E-state index in [4.69, 9.17) is 4.74 Å². The summed E-state index contributed by atoms with van der Waals surface area (Å²) >= 11 is 0. The molecule has 5 heteroatoms. The van der Waals surface area contributed by atoms with Crippen molar-refractivity contribution in [2.75, 3.05) is 33.9 Å². The van der Waals surface area contributed by atoms with Crippen molar-refractivity contribution in [3.05, 3.63) is 0 Å². The van der Waals surface area contributed by atoms with E-state index in [0.717, 1.165) is 38.9 Å². The topological polar surface area (TPSA) is 61.8 Å². The van der Waals surface area contributed by atoms with Gasteiger partial charge in [-0.1, -0.05) is 0 Å². The first kappa shape index (κ1) is 13.8. The molecule has 2 fully saturated rings. The molecule has 0 bridgehead atoms. The third-order valence-electron chi connectivity index (χ3n) is 4.41. The average Bonchev–Trinajstić information content (AvgIpc) is 3.21. The summed E-state index contributed by atoms with van der Waals surface area (Å²) in [5.74, 6) is -0.436. The largest absolute Gasteiger partial charge is 0.480 e. The second-order valence-electron chi connectivity index (χ2n) is 5.56. The summed E-state index contributed by atoms with van der Waals surface area (Å²) in [4.78, 5) is 13.8. The lowest BCUT2D eigenvalue weighted by molar-refractivity contribution is -0.147. The predicted molar refractivity (Wildman–Crippen MR) is 68.6 cm³/mol. The van der Waals surface area contributed by atoms with Crippen LogP contribution in [0.2, 0.25) is 0 Å². The molecule has 1 saturated heterocycles. The van der Waals surface area contributed by atoms with Gasteiger partial charge in [-0.2, -0.15) is 0 Å². The van der Waals surface area contributed by atoms with Crippen LogP contribution in [0.4, 0.5) is 0 Å². The molecular weight excluding hydrogens is 232 g/mol. The minimum absolute atomic E-state index is 0.280. The molecule has 1 aliphatic carbocycles. The van der Waals surface area contributed by atoms with E-state index < -0.39 is 11.5 Å². The fourth-order valence-corrected chi connectivity index (χ4v) is 2.99. The maximum absolute atomic E-state index is 11.6. The van der Waals surface area contributed by atoms with Crippen LogP contribution in [-0.4, -0.2) is 61.4 Å². The van der Waals surface area contributed by atoms with Crippen molar-refractivity contribution in [1.29, 1.82) is 0 Å². The van der Waals surface area contributed by atoms with Gasteiger partial charge >= 0.3 is 5.97 Å². The van der Waals surface area contributed by atoms with Gasteiger partial charge in [-0.3, -0.25) is 4.79 Å². The number of carboxylic acids is 1. The summed E-state index contributed by atoms with van der Waals surface area (Å²) < 4.78 is 5.35. The number of hydrogen-bond acceptors (Lipinski definition) is 4. The van der Waals surface area contributed by atoms with Crippen molar-refractivity contribution in [1.82, 2.24) is 10.2 Å². The number of carbonyl (C=O) groups is 1. The van der Waals surface area contributed by atoms with Crippen molar-refractivity contribution in [2.45, 2.75) is 37.3 Å². The van der Waals surface area contributed by atoms with Crippen molar-refractivity contribution in [3.8, 4) is 0 Å². The quantitative estimate of drug-likeness (QED) is 0.727. The number of ether oxygens (including phenoxy) is 1. The molecule has 0 aromatic heterocycles. The first-order chi connectivity index (χ1) is 8.60. The first-order valence-electron chi connectivity index (χ1n) is 6.80. The Hall–Kier alpha value is -0.650. The number of nitrogens with one attached hydrogen (secondary N) is 1. The number of carboxylic acid groups (broad SMARTS) is 1. The number of nitrogens with zero attached hydrogens (tertiary/aromatic N) is 1. The number of aliphatic carboxylic acids is 1. The number of rotatable bonds is 6. The van der Waals surface area contributed by atoms with Crippen LogP contribution in [0.3, 0.4) is 0 Å². The molecule has 1 aliphatic heterocycles. The summed E-state index contributed by atoms with van der Waals surface area (Å²) in [6.45, 7) is 2.16. The smallest absolute Gasteiger partial charge is 0.325 e. The summed E-state index contributed by atoms with van der Waals surface area (Å²) in [6, 6.07) is 0.449. The van der Waals surface area contributed by atoms with Crippen molar-refractivity contribution in [3.63, 3.8) is 0 Å². The lowest BCUT2D eigenvalue weighted by atomic mass is 9.91. The van der Waals surface area contributed by atoms with E-state index in [1.165, 1.54) is 0 Å². The van der Waals surface area contributed by atoms with E-state index in [-0.39, 0.29) is 5.92 Å². The highest BCUT2D eigenvalue weighted by atomic mass is 16.5. The minimum atomic E-state index is -0.771.